The highest BCUT2D eigenvalue weighted by Crippen LogP contribution is 2.32. The van der Waals surface area contributed by atoms with Gasteiger partial charge >= 0.3 is 6.18 Å². The molecule has 1 aromatic rings. The number of nitrogens with one attached hydrogen (secondary N) is 1. The fourth-order valence-corrected chi connectivity index (χ4v) is 4.55. The summed E-state index contributed by atoms with van der Waals surface area (Å²) in [7, 11) is -3.79. The van der Waals surface area contributed by atoms with Gasteiger partial charge in [0.25, 0.3) is 0 Å². The zero-order valence-electron chi connectivity index (χ0n) is 13.0. The molecule has 9 heteroatoms. The van der Waals surface area contributed by atoms with Gasteiger partial charge in [0.2, 0.25) is 10.0 Å². The molecule has 132 valence electrons. The zero-order valence-corrected chi connectivity index (χ0v) is 14.6. The topological polar surface area (TPSA) is 49.4 Å². The van der Waals surface area contributed by atoms with Gasteiger partial charge in [0.15, 0.2) is 0 Å². The summed E-state index contributed by atoms with van der Waals surface area (Å²) in [4.78, 5) is -0.0678. The summed E-state index contributed by atoms with van der Waals surface area (Å²) in [5.74, 6) is 0. The molecule has 0 aromatic heterocycles. The maximum Gasteiger partial charge on any atom is 0.416 e. The molecule has 0 saturated carbocycles. The molecule has 0 radical (unpaired) electrons. The Hall–Kier alpha value is -0.830. The Balaban J connectivity index is 0.00000264. The Morgan fingerprint density at radius 3 is 2.13 bits per heavy atom. The number of piperazine rings is 1. The average Bonchev–Trinajstić information content (AvgIpc) is 2.36. The van der Waals surface area contributed by atoms with Crippen molar-refractivity contribution in [1.29, 1.82) is 0 Å². The van der Waals surface area contributed by atoms with E-state index in [0.29, 0.717) is 13.1 Å². The molecule has 0 spiro atoms. The minimum Gasteiger partial charge on any atom is -0.309 e. The summed E-state index contributed by atoms with van der Waals surface area (Å²) in [6, 6.07) is 2.73. The fraction of sp³-hybridized carbons (Fsp3) is 0.571. The first-order chi connectivity index (χ1) is 10.0. The Morgan fingerprint density at radius 2 is 1.70 bits per heavy atom. The summed E-state index contributed by atoms with van der Waals surface area (Å²) >= 11 is 0. The third kappa shape index (κ3) is 4.37. The molecule has 1 aliphatic rings. The van der Waals surface area contributed by atoms with Crippen molar-refractivity contribution in [1.82, 2.24) is 9.62 Å². The summed E-state index contributed by atoms with van der Waals surface area (Å²) < 4.78 is 64.7. The van der Waals surface area contributed by atoms with Crippen LogP contribution in [0, 0.1) is 6.92 Å². The van der Waals surface area contributed by atoms with Crippen LogP contribution in [0.2, 0.25) is 0 Å². The molecule has 23 heavy (non-hydrogen) atoms. The summed E-state index contributed by atoms with van der Waals surface area (Å²) in [6.07, 6.45) is -4.48. The van der Waals surface area contributed by atoms with Gasteiger partial charge < -0.3 is 5.32 Å². The van der Waals surface area contributed by atoms with Crippen LogP contribution in [-0.4, -0.2) is 37.9 Å². The second kappa shape index (κ2) is 6.96. The third-order valence-corrected chi connectivity index (χ3v) is 5.64. The first-order valence-corrected chi connectivity index (χ1v) is 8.40. The number of aryl methyl sites for hydroxylation is 1. The first-order valence-electron chi connectivity index (χ1n) is 6.96. The number of rotatable bonds is 2. The molecule has 1 heterocycles. The first kappa shape index (κ1) is 20.2. The molecule has 2 atom stereocenters. The van der Waals surface area contributed by atoms with Crippen molar-refractivity contribution < 1.29 is 21.6 Å². The lowest BCUT2D eigenvalue weighted by Gasteiger charge is -2.35. The molecule has 2 unspecified atom stereocenters. The normalized spacial score (nSPS) is 23.4. The number of nitrogens with zero attached hydrogens (tertiary/aromatic N) is 1. The standard InChI is InChI=1S/C14H19F3N2O2S.ClH/c1-9-6-12(14(15,16)17)4-5-13(9)22(20,21)19-7-10(2)18-11(3)8-19;/h4-6,10-11,18H,7-8H2,1-3H3;1H. The van der Waals surface area contributed by atoms with E-state index in [9.17, 15) is 21.6 Å². The molecule has 1 aliphatic heterocycles. The SMILES string of the molecule is Cc1cc(C(F)(F)F)ccc1S(=O)(=O)N1CC(C)NC(C)C1.Cl. The summed E-state index contributed by atoms with van der Waals surface area (Å²) in [5.41, 5.74) is -0.736. The van der Waals surface area contributed by atoms with Crippen LogP contribution >= 0.6 is 12.4 Å². The van der Waals surface area contributed by atoms with E-state index in [1.165, 1.54) is 11.2 Å². The van der Waals surface area contributed by atoms with E-state index in [4.69, 9.17) is 0 Å². The molecular weight excluding hydrogens is 353 g/mol. The second-order valence-electron chi connectivity index (χ2n) is 5.77. The average molecular weight is 373 g/mol. The van der Waals surface area contributed by atoms with E-state index < -0.39 is 21.8 Å². The van der Waals surface area contributed by atoms with E-state index in [0.717, 1.165) is 18.2 Å². The highest BCUT2D eigenvalue weighted by molar-refractivity contribution is 7.89. The second-order valence-corrected chi connectivity index (χ2v) is 7.68. The predicted octanol–water partition coefficient (Wildman–Crippen LogP) is 2.81. The van der Waals surface area contributed by atoms with Gasteiger partial charge in [0.05, 0.1) is 10.5 Å². The van der Waals surface area contributed by atoms with E-state index in [1.807, 2.05) is 13.8 Å². The van der Waals surface area contributed by atoms with E-state index in [1.54, 1.807) is 0 Å². The Kier molecular flexibility index (Phi) is 6.12. The van der Waals surface area contributed by atoms with Crippen LogP contribution in [0.5, 0.6) is 0 Å². The van der Waals surface area contributed by atoms with Gasteiger partial charge in [-0.2, -0.15) is 17.5 Å². The van der Waals surface area contributed by atoms with Gasteiger partial charge in [-0.1, -0.05) is 0 Å². The lowest BCUT2D eigenvalue weighted by Crippen LogP contribution is -2.55. The Labute approximate surface area is 140 Å². The zero-order chi connectivity index (χ0) is 16.7. The minimum absolute atomic E-state index is 0. The molecule has 4 nitrogen and oxygen atoms in total. The lowest BCUT2D eigenvalue weighted by atomic mass is 10.1. The number of sulfonamides is 1. The van der Waals surface area contributed by atoms with E-state index >= 15 is 0 Å². The van der Waals surface area contributed by atoms with Gasteiger partial charge in [-0.3, -0.25) is 0 Å². The highest BCUT2D eigenvalue weighted by atomic mass is 35.5. The number of halogens is 4. The predicted molar refractivity (Wildman–Crippen MR) is 84.2 cm³/mol. The quantitative estimate of drug-likeness (QED) is 0.868. The maximum atomic E-state index is 12.7. The molecule has 0 amide bonds. The Morgan fingerprint density at radius 1 is 1.17 bits per heavy atom. The van der Waals surface area contributed by atoms with Crippen molar-refractivity contribution in [2.24, 2.45) is 0 Å². The summed E-state index contributed by atoms with van der Waals surface area (Å²) in [6.45, 7) is 5.73. The molecule has 0 aliphatic carbocycles. The smallest absolute Gasteiger partial charge is 0.309 e. The van der Waals surface area contributed by atoms with Crippen molar-refractivity contribution in [3.8, 4) is 0 Å². The van der Waals surface area contributed by atoms with Crippen LogP contribution < -0.4 is 5.32 Å². The van der Waals surface area contributed by atoms with Crippen LogP contribution in [0.15, 0.2) is 23.1 Å². The fourth-order valence-electron chi connectivity index (χ4n) is 2.73. The van der Waals surface area contributed by atoms with Crippen molar-refractivity contribution >= 4 is 22.4 Å². The summed E-state index contributed by atoms with van der Waals surface area (Å²) in [5, 5.41) is 3.22. The van der Waals surface area contributed by atoms with Gasteiger partial charge in [-0.15, -0.1) is 12.4 Å². The van der Waals surface area contributed by atoms with Gasteiger partial charge in [0, 0.05) is 25.2 Å². The minimum atomic E-state index is -4.48. The molecule has 0 bridgehead atoms. The largest absolute Gasteiger partial charge is 0.416 e. The van der Waals surface area contributed by atoms with Crippen LogP contribution in [0.1, 0.15) is 25.0 Å². The molecule has 1 N–H and O–H groups in total. The molecule has 1 fully saturated rings. The van der Waals surface area contributed by atoms with Crippen LogP contribution in [0.4, 0.5) is 13.2 Å². The lowest BCUT2D eigenvalue weighted by molar-refractivity contribution is -0.137. The maximum absolute atomic E-state index is 12.7. The van der Waals surface area contributed by atoms with Crippen LogP contribution in [0.3, 0.4) is 0 Å². The van der Waals surface area contributed by atoms with Crippen LogP contribution in [-0.2, 0) is 16.2 Å². The Bertz CT molecular complexity index is 654. The number of alkyl halides is 3. The molecular formula is C14H20ClF3N2O2S. The van der Waals surface area contributed by atoms with Crippen molar-refractivity contribution in [2.45, 2.75) is 43.9 Å². The van der Waals surface area contributed by atoms with E-state index in [-0.39, 0.29) is 34.9 Å². The number of hydrogen-bond donors (Lipinski definition) is 1. The van der Waals surface area contributed by atoms with Gasteiger partial charge in [-0.25, -0.2) is 8.42 Å². The van der Waals surface area contributed by atoms with Gasteiger partial charge in [-0.05, 0) is 44.5 Å². The van der Waals surface area contributed by atoms with E-state index in [2.05, 4.69) is 5.32 Å². The van der Waals surface area contributed by atoms with Crippen molar-refractivity contribution in [2.75, 3.05) is 13.1 Å². The monoisotopic (exact) mass is 372 g/mol. The van der Waals surface area contributed by atoms with Crippen LogP contribution in [0.25, 0.3) is 0 Å². The molecule has 1 saturated heterocycles. The van der Waals surface area contributed by atoms with Crippen molar-refractivity contribution in [3.63, 3.8) is 0 Å². The molecule has 1 aromatic carbocycles. The number of benzene rings is 1. The van der Waals surface area contributed by atoms with Crippen molar-refractivity contribution in [3.05, 3.63) is 29.3 Å². The van der Waals surface area contributed by atoms with Gasteiger partial charge in [0.1, 0.15) is 0 Å². The highest BCUT2D eigenvalue weighted by Gasteiger charge is 2.35. The molecule has 2 rings (SSSR count). The number of hydrogen-bond acceptors (Lipinski definition) is 3. The third-order valence-electron chi connectivity index (χ3n) is 3.64.